The average molecular weight is 347 g/mol. The van der Waals surface area contributed by atoms with Crippen molar-refractivity contribution in [1.82, 2.24) is 0 Å². The van der Waals surface area contributed by atoms with E-state index in [4.69, 9.17) is 13.0 Å². The van der Waals surface area contributed by atoms with Gasteiger partial charge in [-0.3, -0.25) is 0 Å². The summed E-state index contributed by atoms with van der Waals surface area (Å²) < 4.78 is 58.9. The third kappa shape index (κ3) is 9.63. The quantitative estimate of drug-likeness (QED) is 0.456. The number of alkyl halides is 3. The minimum absolute atomic E-state index is 1.05. The Bertz CT molecular complexity index is 383. The summed E-state index contributed by atoms with van der Waals surface area (Å²) in [6.07, 6.45) is 10.1. The number of unbranched alkanes of at least 4 members (excludes halogenated alkanes) is 2. The zero-order valence-corrected chi connectivity index (χ0v) is 14.2. The molecule has 0 aromatic carbocycles. The Morgan fingerprint density at radius 2 is 1.77 bits per heavy atom. The topological polar surface area (TPSA) is 61.6 Å². The average Bonchev–Trinajstić information content (AvgIpc) is 2.38. The van der Waals surface area contributed by atoms with Crippen molar-refractivity contribution in [3.8, 4) is 0 Å². The van der Waals surface area contributed by atoms with E-state index in [0.717, 1.165) is 5.92 Å². The maximum atomic E-state index is 10.7. The lowest BCUT2D eigenvalue weighted by Crippen LogP contribution is -3.13. The van der Waals surface area contributed by atoms with E-state index in [1.54, 1.807) is 0 Å². The fraction of sp³-hybridized carbons (Fsp3) is 1.00. The van der Waals surface area contributed by atoms with E-state index in [-0.39, 0.29) is 0 Å². The molecule has 134 valence electrons. The van der Waals surface area contributed by atoms with Gasteiger partial charge in [0.15, 0.2) is 10.1 Å². The van der Waals surface area contributed by atoms with Crippen molar-refractivity contribution in [2.45, 2.75) is 64.3 Å². The maximum absolute atomic E-state index is 10.7. The lowest BCUT2D eigenvalue weighted by molar-refractivity contribution is -0.909. The van der Waals surface area contributed by atoms with Gasteiger partial charge in [0.25, 0.3) is 0 Å². The summed E-state index contributed by atoms with van der Waals surface area (Å²) in [6, 6.07) is 0. The number of quaternary nitrogens is 1. The van der Waals surface area contributed by atoms with Gasteiger partial charge < -0.3 is 9.45 Å². The molecule has 1 heterocycles. The largest absolute Gasteiger partial charge is 0.741 e. The SMILES string of the molecule is CCCCC[NH+]1CCCC(CCC)C1.O=S(=O)([O-])C(F)(F)F. The molecule has 1 aliphatic heterocycles. The van der Waals surface area contributed by atoms with Crippen LogP contribution in [0.5, 0.6) is 0 Å². The van der Waals surface area contributed by atoms with Crippen molar-refractivity contribution in [2.75, 3.05) is 19.6 Å². The van der Waals surface area contributed by atoms with Crippen LogP contribution in [-0.4, -0.2) is 38.1 Å². The number of likely N-dealkylation sites (tertiary alicyclic amines) is 1. The first-order valence-electron chi connectivity index (χ1n) is 7.97. The summed E-state index contributed by atoms with van der Waals surface area (Å²) >= 11 is 0. The second-order valence-electron chi connectivity index (χ2n) is 5.86. The molecule has 0 saturated carbocycles. The number of halogens is 3. The molecule has 0 aliphatic carbocycles. The highest BCUT2D eigenvalue weighted by Crippen LogP contribution is 2.20. The smallest absolute Gasteiger partial charge is 0.485 e. The van der Waals surface area contributed by atoms with E-state index in [0.29, 0.717) is 0 Å². The van der Waals surface area contributed by atoms with Crippen molar-refractivity contribution >= 4 is 10.1 Å². The van der Waals surface area contributed by atoms with Gasteiger partial charge in [-0.1, -0.05) is 26.7 Å². The Morgan fingerprint density at radius 3 is 2.23 bits per heavy atom. The van der Waals surface area contributed by atoms with Crippen LogP contribution in [0.15, 0.2) is 0 Å². The van der Waals surface area contributed by atoms with Gasteiger partial charge in [0.05, 0.1) is 19.6 Å². The van der Waals surface area contributed by atoms with Gasteiger partial charge in [-0.15, -0.1) is 0 Å². The summed E-state index contributed by atoms with van der Waals surface area (Å²) in [5.74, 6) is 1.05. The van der Waals surface area contributed by atoms with Gasteiger partial charge >= 0.3 is 5.51 Å². The van der Waals surface area contributed by atoms with Crippen molar-refractivity contribution in [3.63, 3.8) is 0 Å². The van der Waals surface area contributed by atoms with Crippen molar-refractivity contribution in [3.05, 3.63) is 0 Å². The van der Waals surface area contributed by atoms with Gasteiger partial charge in [0, 0.05) is 5.92 Å². The molecule has 0 radical (unpaired) electrons. The van der Waals surface area contributed by atoms with E-state index in [1.165, 1.54) is 64.6 Å². The standard InChI is InChI=1S/C13H27N.CHF3O3S/c1-3-5-6-10-14-11-7-9-13(12-14)8-4-2;2-1(3,4)8(5,6)7/h13H,3-12H2,1-2H3;(H,5,6,7). The van der Waals surface area contributed by atoms with E-state index in [2.05, 4.69) is 13.8 Å². The van der Waals surface area contributed by atoms with Crippen LogP contribution < -0.4 is 4.90 Å². The molecular formula is C14H28F3NO3S. The Morgan fingerprint density at radius 1 is 1.18 bits per heavy atom. The highest BCUT2D eigenvalue weighted by atomic mass is 32.2. The molecule has 0 aromatic heterocycles. The molecule has 1 fully saturated rings. The van der Waals surface area contributed by atoms with Crippen LogP contribution >= 0.6 is 0 Å². The molecule has 1 N–H and O–H groups in total. The summed E-state index contributed by atoms with van der Waals surface area (Å²) in [5.41, 5.74) is -5.65. The Balaban J connectivity index is 0.000000472. The third-order valence-corrected chi connectivity index (χ3v) is 4.40. The number of nitrogens with one attached hydrogen (secondary N) is 1. The lowest BCUT2D eigenvalue weighted by Gasteiger charge is -2.29. The first kappa shape index (κ1) is 21.7. The summed E-state index contributed by atoms with van der Waals surface area (Å²) in [5, 5.41) is 0. The maximum Gasteiger partial charge on any atom is 0.485 e. The number of hydrogen-bond acceptors (Lipinski definition) is 3. The van der Waals surface area contributed by atoms with Crippen LogP contribution in [-0.2, 0) is 10.1 Å². The first-order valence-corrected chi connectivity index (χ1v) is 9.38. The zero-order chi connectivity index (χ0) is 17.2. The third-order valence-electron chi connectivity index (χ3n) is 3.83. The molecular weight excluding hydrogens is 319 g/mol. The first-order chi connectivity index (χ1) is 10.1. The van der Waals surface area contributed by atoms with E-state index >= 15 is 0 Å². The molecule has 0 spiro atoms. The number of piperidine rings is 1. The van der Waals surface area contributed by atoms with Crippen LogP contribution in [0.2, 0.25) is 0 Å². The second kappa shape index (κ2) is 10.4. The molecule has 0 aromatic rings. The van der Waals surface area contributed by atoms with Gasteiger partial charge in [-0.05, 0) is 32.1 Å². The highest BCUT2D eigenvalue weighted by molar-refractivity contribution is 7.86. The molecule has 2 unspecified atom stereocenters. The van der Waals surface area contributed by atoms with E-state index < -0.39 is 15.6 Å². The van der Waals surface area contributed by atoms with Crippen LogP contribution in [0.25, 0.3) is 0 Å². The predicted octanol–water partition coefficient (Wildman–Crippen LogP) is 2.32. The summed E-state index contributed by atoms with van der Waals surface area (Å²) in [4.78, 5) is 1.89. The Labute approximate surface area is 131 Å². The lowest BCUT2D eigenvalue weighted by atomic mass is 9.93. The van der Waals surface area contributed by atoms with Gasteiger partial charge in [-0.2, -0.15) is 13.2 Å². The fourth-order valence-electron chi connectivity index (χ4n) is 2.76. The van der Waals surface area contributed by atoms with Gasteiger partial charge in [-0.25, -0.2) is 8.42 Å². The van der Waals surface area contributed by atoms with Crippen LogP contribution in [0.3, 0.4) is 0 Å². The van der Waals surface area contributed by atoms with Crippen LogP contribution in [0.4, 0.5) is 13.2 Å². The minimum atomic E-state index is -6.09. The molecule has 1 saturated heterocycles. The Hall–Kier alpha value is -0.340. The van der Waals surface area contributed by atoms with Gasteiger partial charge in [0.1, 0.15) is 0 Å². The van der Waals surface area contributed by atoms with Gasteiger partial charge in [0.2, 0.25) is 0 Å². The van der Waals surface area contributed by atoms with Crippen LogP contribution in [0, 0.1) is 5.92 Å². The highest BCUT2D eigenvalue weighted by Gasteiger charge is 2.36. The molecule has 22 heavy (non-hydrogen) atoms. The number of rotatable bonds is 6. The zero-order valence-electron chi connectivity index (χ0n) is 13.4. The molecule has 4 nitrogen and oxygen atoms in total. The number of hydrogen-bond donors (Lipinski definition) is 1. The molecule has 2 atom stereocenters. The van der Waals surface area contributed by atoms with E-state index in [9.17, 15) is 13.2 Å². The van der Waals surface area contributed by atoms with Crippen molar-refractivity contribution < 1.29 is 31.0 Å². The monoisotopic (exact) mass is 347 g/mol. The van der Waals surface area contributed by atoms with Crippen LogP contribution in [0.1, 0.15) is 58.8 Å². The predicted molar refractivity (Wildman–Crippen MR) is 78.5 cm³/mol. The normalized spacial score (nSPS) is 22.8. The molecule has 8 heteroatoms. The molecule has 1 rings (SSSR count). The summed E-state index contributed by atoms with van der Waals surface area (Å²) in [6.45, 7) is 8.98. The molecule has 0 amide bonds. The van der Waals surface area contributed by atoms with E-state index in [1.807, 2.05) is 4.90 Å². The second-order valence-corrected chi connectivity index (χ2v) is 7.23. The van der Waals surface area contributed by atoms with Crippen molar-refractivity contribution in [2.24, 2.45) is 5.92 Å². The molecule has 0 bridgehead atoms. The Kier molecular flexibility index (Phi) is 10.3. The summed E-state index contributed by atoms with van der Waals surface area (Å²) in [7, 11) is -6.09. The fourth-order valence-corrected chi connectivity index (χ4v) is 2.76. The minimum Gasteiger partial charge on any atom is -0.741 e. The van der Waals surface area contributed by atoms with Crippen molar-refractivity contribution in [1.29, 1.82) is 0 Å². The molecule has 1 aliphatic rings.